The predicted octanol–water partition coefficient (Wildman–Crippen LogP) is 2.94. The number of nitrogens with zero attached hydrogens (tertiary/aromatic N) is 2. The fourth-order valence-corrected chi connectivity index (χ4v) is 1.82. The molecule has 2 rings (SSSR count). The van der Waals surface area contributed by atoms with Gasteiger partial charge in [-0.15, -0.1) is 0 Å². The molecule has 0 unspecified atom stereocenters. The van der Waals surface area contributed by atoms with Crippen molar-refractivity contribution in [2.45, 2.75) is 6.92 Å². The van der Waals surface area contributed by atoms with Gasteiger partial charge in [0.25, 0.3) is 0 Å². The molecule has 0 N–H and O–H groups in total. The van der Waals surface area contributed by atoms with Gasteiger partial charge < -0.3 is 0 Å². The van der Waals surface area contributed by atoms with Crippen LogP contribution in [0, 0.1) is 6.92 Å². The molecule has 0 radical (unpaired) electrons. The summed E-state index contributed by atoms with van der Waals surface area (Å²) in [4.78, 5) is 4.27. The van der Waals surface area contributed by atoms with Gasteiger partial charge in [0.05, 0.1) is 5.69 Å². The molecule has 0 bridgehead atoms. The highest BCUT2D eigenvalue weighted by molar-refractivity contribution is 9.10. The third-order valence-corrected chi connectivity index (χ3v) is 2.38. The maximum absolute atomic E-state index is 4.27. The van der Waals surface area contributed by atoms with Crippen molar-refractivity contribution in [3.05, 3.63) is 47.0 Å². The minimum atomic E-state index is 0.844. The summed E-state index contributed by atoms with van der Waals surface area (Å²) in [6.45, 7) is 1.98. The number of aryl methyl sites for hydroxylation is 1. The molecule has 1 aromatic heterocycles. The number of imidazole rings is 1. The molecule has 66 valence electrons. The minimum absolute atomic E-state index is 0.844. The standard InChI is InChI=1S/C10H9BrN2/c1-8-7-13(10(11)12-8)9-5-3-2-4-6-9/h2-7H,1H3. The number of para-hydroxylation sites is 1. The van der Waals surface area contributed by atoms with E-state index in [0.717, 1.165) is 16.1 Å². The van der Waals surface area contributed by atoms with Crippen molar-refractivity contribution >= 4 is 15.9 Å². The molecule has 1 heterocycles. The quantitative estimate of drug-likeness (QED) is 0.745. The van der Waals surface area contributed by atoms with Gasteiger partial charge in [0, 0.05) is 11.9 Å². The van der Waals surface area contributed by atoms with Gasteiger partial charge in [-0.2, -0.15) is 0 Å². The maximum atomic E-state index is 4.27. The normalized spacial score (nSPS) is 10.3. The summed E-state index contributed by atoms with van der Waals surface area (Å²) in [5, 5.41) is 0. The molecular weight excluding hydrogens is 228 g/mol. The van der Waals surface area contributed by atoms with Crippen molar-refractivity contribution in [1.82, 2.24) is 9.55 Å². The van der Waals surface area contributed by atoms with Crippen LogP contribution in [0.2, 0.25) is 0 Å². The number of hydrogen-bond acceptors (Lipinski definition) is 1. The molecule has 0 fully saturated rings. The van der Waals surface area contributed by atoms with E-state index in [1.54, 1.807) is 0 Å². The van der Waals surface area contributed by atoms with Crippen LogP contribution >= 0.6 is 15.9 Å². The summed E-state index contributed by atoms with van der Waals surface area (Å²) in [5.41, 5.74) is 2.13. The average molecular weight is 237 g/mol. The van der Waals surface area contributed by atoms with Gasteiger partial charge in [-0.3, -0.25) is 4.57 Å². The fraction of sp³-hybridized carbons (Fsp3) is 0.100. The Balaban J connectivity index is 2.53. The van der Waals surface area contributed by atoms with E-state index in [1.165, 1.54) is 0 Å². The molecule has 2 nitrogen and oxygen atoms in total. The first-order valence-electron chi connectivity index (χ1n) is 4.04. The van der Waals surface area contributed by atoms with Crippen molar-refractivity contribution in [2.75, 3.05) is 0 Å². The molecule has 0 saturated carbocycles. The number of halogens is 1. The zero-order chi connectivity index (χ0) is 9.26. The van der Waals surface area contributed by atoms with Crippen LogP contribution in [0.5, 0.6) is 0 Å². The van der Waals surface area contributed by atoms with Gasteiger partial charge in [-0.1, -0.05) is 18.2 Å². The molecule has 0 aliphatic carbocycles. The highest BCUT2D eigenvalue weighted by Gasteiger charge is 2.02. The Hall–Kier alpha value is -1.09. The molecular formula is C10H9BrN2. The van der Waals surface area contributed by atoms with Crippen molar-refractivity contribution in [1.29, 1.82) is 0 Å². The van der Waals surface area contributed by atoms with E-state index < -0.39 is 0 Å². The largest absolute Gasteiger partial charge is 0.294 e. The monoisotopic (exact) mass is 236 g/mol. The number of aromatic nitrogens is 2. The summed E-state index contributed by atoms with van der Waals surface area (Å²) < 4.78 is 2.85. The van der Waals surface area contributed by atoms with Crippen LogP contribution in [0.25, 0.3) is 5.69 Å². The highest BCUT2D eigenvalue weighted by Crippen LogP contribution is 2.16. The van der Waals surface area contributed by atoms with Crippen LogP contribution in [0.3, 0.4) is 0 Å². The van der Waals surface area contributed by atoms with Crippen molar-refractivity contribution in [3.63, 3.8) is 0 Å². The first-order chi connectivity index (χ1) is 6.27. The van der Waals surface area contributed by atoms with E-state index in [4.69, 9.17) is 0 Å². The van der Waals surface area contributed by atoms with E-state index in [0.29, 0.717) is 0 Å². The summed E-state index contributed by atoms with van der Waals surface area (Å²) in [5.74, 6) is 0. The van der Waals surface area contributed by atoms with Crippen molar-refractivity contribution < 1.29 is 0 Å². The van der Waals surface area contributed by atoms with Gasteiger partial charge in [0.15, 0.2) is 4.73 Å². The van der Waals surface area contributed by atoms with Crippen molar-refractivity contribution in [3.8, 4) is 5.69 Å². The molecule has 2 aromatic rings. The molecule has 3 heteroatoms. The van der Waals surface area contributed by atoms with Gasteiger partial charge in [-0.05, 0) is 35.0 Å². The lowest BCUT2D eigenvalue weighted by atomic mass is 10.3. The van der Waals surface area contributed by atoms with Crippen LogP contribution in [0.1, 0.15) is 5.69 Å². The van der Waals surface area contributed by atoms with E-state index >= 15 is 0 Å². The summed E-state index contributed by atoms with van der Waals surface area (Å²) in [6, 6.07) is 10.1. The second-order valence-electron chi connectivity index (χ2n) is 2.86. The van der Waals surface area contributed by atoms with Crippen LogP contribution < -0.4 is 0 Å². The number of rotatable bonds is 1. The SMILES string of the molecule is Cc1cn(-c2ccccc2)c(Br)n1. The van der Waals surface area contributed by atoms with E-state index in [9.17, 15) is 0 Å². The molecule has 1 aromatic carbocycles. The van der Waals surface area contributed by atoms with E-state index in [1.807, 2.05) is 48.0 Å². The first-order valence-corrected chi connectivity index (χ1v) is 4.83. The average Bonchev–Trinajstić information content (AvgIpc) is 2.47. The van der Waals surface area contributed by atoms with Gasteiger partial charge in [-0.25, -0.2) is 4.98 Å². The second kappa shape index (κ2) is 3.34. The third-order valence-electron chi connectivity index (χ3n) is 1.82. The Labute approximate surface area is 85.4 Å². The number of hydrogen-bond donors (Lipinski definition) is 0. The fourth-order valence-electron chi connectivity index (χ4n) is 1.24. The predicted molar refractivity (Wildman–Crippen MR) is 56.0 cm³/mol. The Kier molecular flexibility index (Phi) is 2.19. The molecule has 13 heavy (non-hydrogen) atoms. The van der Waals surface area contributed by atoms with Gasteiger partial charge in [0.1, 0.15) is 0 Å². The Bertz CT molecular complexity index is 406. The molecule has 0 amide bonds. The zero-order valence-electron chi connectivity index (χ0n) is 7.24. The molecule has 0 saturated heterocycles. The Morgan fingerprint density at radius 3 is 2.46 bits per heavy atom. The lowest BCUT2D eigenvalue weighted by Crippen LogP contribution is -1.90. The summed E-state index contributed by atoms with van der Waals surface area (Å²) in [7, 11) is 0. The molecule has 0 spiro atoms. The Morgan fingerprint density at radius 1 is 1.23 bits per heavy atom. The lowest BCUT2D eigenvalue weighted by Gasteiger charge is -2.01. The van der Waals surface area contributed by atoms with Crippen LogP contribution in [-0.4, -0.2) is 9.55 Å². The van der Waals surface area contributed by atoms with Crippen LogP contribution in [0.15, 0.2) is 41.3 Å². The van der Waals surface area contributed by atoms with Crippen LogP contribution in [-0.2, 0) is 0 Å². The summed E-state index contributed by atoms with van der Waals surface area (Å²) in [6.07, 6.45) is 2.00. The van der Waals surface area contributed by atoms with Gasteiger partial charge >= 0.3 is 0 Å². The smallest absolute Gasteiger partial charge is 0.181 e. The second-order valence-corrected chi connectivity index (χ2v) is 3.57. The first kappa shape index (κ1) is 8.51. The molecule has 0 atom stereocenters. The van der Waals surface area contributed by atoms with E-state index in [-0.39, 0.29) is 0 Å². The van der Waals surface area contributed by atoms with Gasteiger partial charge in [0.2, 0.25) is 0 Å². The third kappa shape index (κ3) is 1.65. The lowest BCUT2D eigenvalue weighted by molar-refractivity contribution is 1.01. The topological polar surface area (TPSA) is 17.8 Å². The summed E-state index contributed by atoms with van der Waals surface area (Å²) >= 11 is 3.41. The Morgan fingerprint density at radius 2 is 1.92 bits per heavy atom. The zero-order valence-corrected chi connectivity index (χ0v) is 8.82. The molecule has 0 aliphatic rings. The molecule has 0 aliphatic heterocycles. The van der Waals surface area contributed by atoms with Crippen molar-refractivity contribution in [2.24, 2.45) is 0 Å². The minimum Gasteiger partial charge on any atom is -0.294 e. The van der Waals surface area contributed by atoms with E-state index in [2.05, 4.69) is 20.9 Å². The maximum Gasteiger partial charge on any atom is 0.181 e. The number of benzene rings is 1. The van der Waals surface area contributed by atoms with Crippen LogP contribution in [0.4, 0.5) is 0 Å². The highest BCUT2D eigenvalue weighted by atomic mass is 79.9.